The Bertz CT molecular complexity index is 145. The van der Waals surface area contributed by atoms with Gasteiger partial charge in [-0.05, 0) is 6.42 Å². The third-order valence-electron chi connectivity index (χ3n) is 1.72. The van der Waals surface area contributed by atoms with Gasteiger partial charge in [0.25, 0.3) is 0 Å². The van der Waals surface area contributed by atoms with Crippen LogP contribution in [-0.4, -0.2) is 32.6 Å². The highest BCUT2D eigenvalue weighted by Gasteiger charge is 2.29. The van der Waals surface area contributed by atoms with E-state index in [0.717, 1.165) is 0 Å². The number of hydrogen-bond acceptors (Lipinski definition) is 4. The summed E-state index contributed by atoms with van der Waals surface area (Å²) in [6.07, 6.45) is 0.601. The van der Waals surface area contributed by atoms with Gasteiger partial charge in [-0.2, -0.15) is 0 Å². The predicted molar refractivity (Wildman–Crippen MR) is 36.9 cm³/mol. The van der Waals surface area contributed by atoms with E-state index in [2.05, 4.69) is 0 Å². The fourth-order valence-corrected chi connectivity index (χ4v) is 1.05. The quantitative estimate of drug-likeness (QED) is 0.545. The fraction of sp³-hybridized carbons (Fsp3) is 0.857. The van der Waals surface area contributed by atoms with E-state index in [4.69, 9.17) is 14.2 Å². The number of cyclic esters (lactones) is 1. The van der Waals surface area contributed by atoms with Crippen LogP contribution in [0.3, 0.4) is 0 Å². The van der Waals surface area contributed by atoms with Crippen LogP contribution in [-0.2, 0) is 19.0 Å². The van der Waals surface area contributed by atoms with E-state index in [1.54, 1.807) is 0 Å². The Morgan fingerprint density at radius 2 is 2.09 bits per heavy atom. The highest BCUT2D eigenvalue weighted by atomic mass is 16.7. The SMILES string of the molecule is COC1CCC(OC)C(=O)O1. The minimum Gasteiger partial charge on any atom is -0.434 e. The fourth-order valence-electron chi connectivity index (χ4n) is 1.05. The van der Waals surface area contributed by atoms with Crippen molar-refractivity contribution >= 4 is 5.97 Å². The van der Waals surface area contributed by atoms with Crippen molar-refractivity contribution in [3.8, 4) is 0 Å². The van der Waals surface area contributed by atoms with Crippen molar-refractivity contribution in [1.82, 2.24) is 0 Å². The average Bonchev–Trinajstić information content (AvgIpc) is 2.04. The molecule has 1 aliphatic rings. The van der Waals surface area contributed by atoms with Gasteiger partial charge in [0.15, 0.2) is 6.10 Å². The van der Waals surface area contributed by atoms with Gasteiger partial charge in [-0.1, -0.05) is 0 Å². The Hall–Kier alpha value is -0.610. The molecule has 1 aliphatic heterocycles. The zero-order valence-corrected chi connectivity index (χ0v) is 6.70. The van der Waals surface area contributed by atoms with Gasteiger partial charge in [-0.25, -0.2) is 4.79 Å². The molecule has 0 aromatic carbocycles. The van der Waals surface area contributed by atoms with Crippen LogP contribution in [0.5, 0.6) is 0 Å². The molecule has 1 saturated heterocycles. The van der Waals surface area contributed by atoms with Gasteiger partial charge in [-0.3, -0.25) is 0 Å². The Labute approximate surface area is 65.4 Å². The smallest absolute Gasteiger partial charge is 0.337 e. The van der Waals surface area contributed by atoms with Crippen LogP contribution in [0.4, 0.5) is 0 Å². The van der Waals surface area contributed by atoms with E-state index >= 15 is 0 Å². The lowest BCUT2D eigenvalue weighted by molar-refractivity contribution is -0.198. The Morgan fingerprint density at radius 1 is 1.36 bits per heavy atom. The van der Waals surface area contributed by atoms with Crippen molar-refractivity contribution in [3.63, 3.8) is 0 Å². The Kier molecular flexibility index (Phi) is 2.84. The summed E-state index contributed by atoms with van der Waals surface area (Å²) in [5.74, 6) is -0.328. The van der Waals surface area contributed by atoms with E-state index in [-0.39, 0.29) is 12.3 Å². The summed E-state index contributed by atoms with van der Waals surface area (Å²) in [5.41, 5.74) is 0. The summed E-state index contributed by atoms with van der Waals surface area (Å²) in [5, 5.41) is 0. The van der Waals surface area contributed by atoms with Crippen LogP contribution in [0.25, 0.3) is 0 Å². The van der Waals surface area contributed by atoms with Crippen LogP contribution < -0.4 is 0 Å². The van der Waals surface area contributed by atoms with Crippen LogP contribution in [0.15, 0.2) is 0 Å². The second-order valence-corrected chi connectivity index (χ2v) is 2.40. The van der Waals surface area contributed by atoms with Gasteiger partial charge in [0, 0.05) is 20.6 Å². The van der Waals surface area contributed by atoms with Crippen LogP contribution in [0.1, 0.15) is 12.8 Å². The first-order valence-corrected chi connectivity index (χ1v) is 3.54. The summed E-state index contributed by atoms with van der Waals surface area (Å²) >= 11 is 0. The largest absolute Gasteiger partial charge is 0.434 e. The Morgan fingerprint density at radius 3 is 2.55 bits per heavy atom. The van der Waals surface area contributed by atoms with E-state index in [9.17, 15) is 4.79 Å². The lowest BCUT2D eigenvalue weighted by atomic mass is 10.1. The molecule has 64 valence electrons. The van der Waals surface area contributed by atoms with Gasteiger partial charge >= 0.3 is 5.97 Å². The molecule has 1 heterocycles. The molecule has 2 unspecified atom stereocenters. The average molecular weight is 160 g/mol. The van der Waals surface area contributed by atoms with Crippen molar-refractivity contribution in [2.24, 2.45) is 0 Å². The molecule has 4 heteroatoms. The summed E-state index contributed by atoms with van der Waals surface area (Å²) in [7, 11) is 3.02. The molecule has 1 fully saturated rings. The standard InChI is InChI=1S/C7H12O4/c1-9-5-3-4-6(10-2)11-7(5)8/h5-6H,3-4H2,1-2H3. The van der Waals surface area contributed by atoms with Crippen molar-refractivity contribution in [2.45, 2.75) is 25.2 Å². The molecule has 4 nitrogen and oxygen atoms in total. The van der Waals surface area contributed by atoms with E-state index in [0.29, 0.717) is 12.8 Å². The number of rotatable bonds is 2. The molecule has 1 rings (SSSR count). The first kappa shape index (κ1) is 8.49. The van der Waals surface area contributed by atoms with E-state index < -0.39 is 6.10 Å². The first-order valence-electron chi connectivity index (χ1n) is 3.54. The molecule has 0 aromatic heterocycles. The first-order chi connectivity index (χ1) is 5.27. The van der Waals surface area contributed by atoms with Crippen molar-refractivity contribution in [3.05, 3.63) is 0 Å². The normalized spacial score (nSPS) is 31.6. The number of ether oxygens (including phenoxy) is 3. The number of hydrogen-bond donors (Lipinski definition) is 0. The molecule has 11 heavy (non-hydrogen) atoms. The lowest BCUT2D eigenvalue weighted by Gasteiger charge is -2.25. The molecule has 0 bridgehead atoms. The second-order valence-electron chi connectivity index (χ2n) is 2.40. The minimum atomic E-state index is -0.401. The maximum atomic E-state index is 11.0. The van der Waals surface area contributed by atoms with E-state index in [1.165, 1.54) is 14.2 Å². The maximum absolute atomic E-state index is 11.0. The van der Waals surface area contributed by atoms with E-state index in [1.807, 2.05) is 0 Å². The Balaban J connectivity index is 2.41. The second kappa shape index (κ2) is 3.69. The third-order valence-corrected chi connectivity index (χ3v) is 1.72. The minimum absolute atomic E-state index is 0.328. The van der Waals surface area contributed by atoms with Crippen LogP contribution in [0, 0.1) is 0 Å². The molecular formula is C7H12O4. The van der Waals surface area contributed by atoms with Gasteiger partial charge in [0.2, 0.25) is 6.29 Å². The predicted octanol–water partition coefficient (Wildman–Crippen LogP) is 0.311. The number of carbonyl (C=O) groups is 1. The van der Waals surface area contributed by atoms with Gasteiger partial charge in [-0.15, -0.1) is 0 Å². The van der Waals surface area contributed by atoms with Gasteiger partial charge in [0.1, 0.15) is 0 Å². The van der Waals surface area contributed by atoms with Crippen molar-refractivity contribution in [1.29, 1.82) is 0 Å². The molecule has 2 atom stereocenters. The summed E-state index contributed by atoms with van der Waals surface area (Å²) in [6.45, 7) is 0. The van der Waals surface area contributed by atoms with Gasteiger partial charge in [0.05, 0.1) is 0 Å². The van der Waals surface area contributed by atoms with Crippen molar-refractivity contribution in [2.75, 3.05) is 14.2 Å². The molecular weight excluding hydrogens is 148 g/mol. The molecule has 0 N–H and O–H groups in total. The molecule has 0 aromatic rings. The lowest BCUT2D eigenvalue weighted by Crippen LogP contribution is -2.36. The van der Waals surface area contributed by atoms with Crippen molar-refractivity contribution < 1.29 is 19.0 Å². The highest BCUT2D eigenvalue weighted by Crippen LogP contribution is 2.16. The van der Waals surface area contributed by atoms with Crippen LogP contribution >= 0.6 is 0 Å². The molecule has 0 aliphatic carbocycles. The zero-order valence-electron chi connectivity index (χ0n) is 6.70. The molecule has 0 spiro atoms. The number of carbonyl (C=O) groups excluding carboxylic acids is 1. The van der Waals surface area contributed by atoms with Gasteiger partial charge < -0.3 is 14.2 Å². The molecule has 0 amide bonds. The molecule has 0 saturated carbocycles. The maximum Gasteiger partial charge on any atom is 0.337 e. The third kappa shape index (κ3) is 1.91. The number of methoxy groups -OCH3 is 2. The topological polar surface area (TPSA) is 44.8 Å². The highest BCUT2D eigenvalue weighted by molar-refractivity contribution is 5.75. The van der Waals surface area contributed by atoms with Crippen LogP contribution in [0.2, 0.25) is 0 Å². The summed E-state index contributed by atoms with van der Waals surface area (Å²) < 4.78 is 14.6. The summed E-state index contributed by atoms with van der Waals surface area (Å²) in [4.78, 5) is 11.0. The monoisotopic (exact) mass is 160 g/mol. The zero-order chi connectivity index (χ0) is 8.27. The number of esters is 1. The molecule has 0 radical (unpaired) electrons. The summed E-state index contributed by atoms with van der Waals surface area (Å²) in [6, 6.07) is 0.